The number of nitrogens with zero attached hydrogens (tertiary/aromatic N) is 1. The lowest BCUT2D eigenvalue weighted by atomic mass is 10.1. The number of hydrogen-bond donors (Lipinski definition) is 2. The first kappa shape index (κ1) is 18.8. The summed E-state index contributed by atoms with van der Waals surface area (Å²) >= 11 is 1.48. The number of benzene rings is 1. The van der Waals surface area contributed by atoms with Gasteiger partial charge in [0.2, 0.25) is 5.91 Å². The standard InChI is InChI=1S/C19H24N2O4S/c22-16-11-12-19(21(16)14-8-5-6-9-15(14)26-19)18(25)20-13-7-3-1-2-4-10-17(23)24/h5-6,8-9H,1-4,7,10-13H2,(H,20,25)(H,23,24). The molecule has 2 aliphatic rings. The lowest BCUT2D eigenvalue weighted by Crippen LogP contribution is -2.52. The summed E-state index contributed by atoms with van der Waals surface area (Å²) in [7, 11) is 0. The Morgan fingerprint density at radius 1 is 1.15 bits per heavy atom. The van der Waals surface area contributed by atoms with E-state index in [0.29, 0.717) is 25.8 Å². The lowest BCUT2D eigenvalue weighted by molar-refractivity contribution is -0.137. The summed E-state index contributed by atoms with van der Waals surface area (Å²) in [5.41, 5.74) is 0.841. The van der Waals surface area contributed by atoms with Gasteiger partial charge in [0.15, 0.2) is 4.87 Å². The highest BCUT2D eigenvalue weighted by Crippen LogP contribution is 2.55. The number of para-hydroxylation sites is 1. The Kier molecular flexibility index (Phi) is 5.86. The third kappa shape index (κ3) is 3.72. The molecule has 140 valence electrons. The predicted octanol–water partition coefficient (Wildman–Crippen LogP) is 3.16. The van der Waals surface area contributed by atoms with E-state index in [2.05, 4.69) is 5.32 Å². The van der Waals surface area contributed by atoms with E-state index in [4.69, 9.17) is 5.11 Å². The number of rotatable bonds is 9. The molecule has 6 nitrogen and oxygen atoms in total. The number of hydrogen-bond acceptors (Lipinski definition) is 4. The van der Waals surface area contributed by atoms with Crippen LogP contribution in [0.5, 0.6) is 0 Å². The Bertz CT molecular complexity index is 709. The minimum Gasteiger partial charge on any atom is -0.481 e. The van der Waals surface area contributed by atoms with Crippen LogP contribution in [0.4, 0.5) is 5.69 Å². The minimum absolute atomic E-state index is 0.0102. The number of fused-ring (bicyclic) bond motifs is 3. The molecule has 1 unspecified atom stereocenters. The van der Waals surface area contributed by atoms with Gasteiger partial charge in [-0.1, -0.05) is 43.2 Å². The molecule has 1 atom stereocenters. The second-order valence-electron chi connectivity index (χ2n) is 6.75. The SMILES string of the molecule is O=C(O)CCCCCCCNC(=O)C12CCC(=O)N1c1ccccc1S2. The third-order valence-electron chi connectivity index (χ3n) is 4.88. The molecular weight excluding hydrogens is 352 g/mol. The Hall–Kier alpha value is -2.02. The molecule has 0 aliphatic carbocycles. The van der Waals surface area contributed by atoms with Crippen molar-refractivity contribution in [3.05, 3.63) is 24.3 Å². The third-order valence-corrected chi connectivity index (χ3v) is 6.36. The van der Waals surface area contributed by atoms with Gasteiger partial charge in [0.1, 0.15) is 0 Å². The van der Waals surface area contributed by atoms with Gasteiger partial charge < -0.3 is 10.4 Å². The van der Waals surface area contributed by atoms with Gasteiger partial charge in [-0.25, -0.2) is 0 Å². The number of anilines is 1. The zero-order valence-electron chi connectivity index (χ0n) is 14.7. The fraction of sp³-hybridized carbons (Fsp3) is 0.526. The molecular formula is C19H24N2O4S. The molecule has 2 heterocycles. The fourth-order valence-electron chi connectivity index (χ4n) is 3.57. The van der Waals surface area contributed by atoms with Crippen LogP contribution < -0.4 is 10.2 Å². The largest absolute Gasteiger partial charge is 0.481 e. The van der Waals surface area contributed by atoms with E-state index in [1.54, 1.807) is 4.90 Å². The highest BCUT2D eigenvalue weighted by atomic mass is 32.2. The van der Waals surface area contributed by atoms with Crippen LogP contribution >= 0.6 is 11.8 Å². The van der Waals surface area contributed by atoms with Gasteiger partial charge in [-0.15, -0.1) is 0 Å². The topological polar surface area (TPSA) is 86.7 Å². The molecule has 1 fully saturated rings. The number of nitrogens with one attached hydrogen (secondary N) is 1. The number of thioether (sulfide) groups is 1. The van der Waals surface area contributed by atoms with E-state index >= 15 is 0 Å². The van der Waals surface area contributed by atoms with Gasteiger partial charge in [0.25, 0.3) is 5.91 Å². The predicted molar refractivity (Wildman–Crippen MR) is 100 cm³/mol. The van der Waals surface area contributed by atoms with E-state index in [0.717, 1.165) is 36.3 Å². The first-order chi connectivity index (χ1) is 12.5. The summed E-state index contributed by atoms with van der Waals surface area (Å²) in [4.78, 5) is 37.5. The molecule has 0 aromatic heterocycles. The van der Waals surface area contributed by atoms with Gasteiger partial charge in [0, 0.05) is 24.3 Å². The van der Waals surface area contributed by atoms with Crippen LogP contribution in [0.1, 0.15) is 51.4 Å². The second-order valence-corrected chi connectivity index (χ2v) is 8.07. The first-order valence-electron chi connectivity index (χ1n) is 9.16. The highest BCUT2D eigenvalue weighted by molar-refractivity contribution is 8.02. The minimum atomic E-state index is -0.831. The lowest BCUT2D eigenvalue weighted by Gasteiger charge is -2.29. The van der Waals surface area contributed by atoms with Gasteiger partial charge in [-0.3, -0.25) is 19.3 Å². The summed E-state index contributed by atoms with van der Waals surface area (Å²) in [6.07, 6.45) is 5.56. The zero-order chi connectivity index (χ0) is 18.6. The molecule has 0 bridgehead atoms. The van der Waals surface area contributed by atoms with Crippen LogP contribution in [0, 0.1) is 0 Å². The second kappa shape index (κ2) is 8.12. The van der Waals surface area contributed by atoms with Crippen molar-refractivity contribution in [2.45, 2.75) is 61.1 Å². The van der Waals surface area contributed by atoms with E-state index in [9.17, 15) is 14.4 Å². The average molecular weight is 376 g/mol. The molecule has 0 saturated carbocycles. The smallest absolute Gasteiger partial charge is 0.303 e. The molecule has 7 heteroatoms. The monoisotopic (exact) mass is 376 g/mol. The summed E-state index contributed by atoms with van der Waals surface area (Å²) in [6, 6.07) is 7.67. The van der Waals surface area contributed by atoms with E-state index in [1.807, 2.05) is 24.3 Å². The average Bonchev–Trinajstić information content (AvgIpc) is 3.13. The zero-order valence-corrected chi connectivity index (χ0v) is 15.5. The maximum Gasteiger partial charge on any atom is 0.303 e. The molecule has 3 rings (SSSR count). The number of unbranched alkanes of at least 4 members (excludes halogenated alkanes) is 4. The van der Waals surface area contributed by atoms with Crippen molar-refractivity contribution in [2.24, 2.45) is 0 Å². The quantitative estimate of drug-likeness (QED) is 0.647. The number of aliphatic carboxylic acids is 1. The fourth-order valence-corrected chi connectivity index (χ4v) is 5.00. The maximum atomic E-state index is 12.9. The van der Waals surface area contributed by atoms with Crippen molar-refractivity contribution in [1.29, 1.82) is 0 Å². The van der Waals surface area contributed by atoms with Gasteiger partial charge in [-0.2, -0.15) is 0 Å². The van der Waals surface area contributed by atoms with Crippen LogP contribution in [0.3, 0.4) is 0 Å². The Morgan fingerprint density at radius 2 is 1.88 bits per heavy atom. The Balaban J connectivity index is 1.48. The van der Waals surface area contributed by atoms with Crippen molar-refractivity contribution in [3.8, 4) is 0 Å². The van der Waals surface area contributed by atoms with Crippen LogP contribution in [0.15, 0.2) is 29.2 Å². The number of carbonyl (C=O) groups is 3. The van der Waals surface area contributed by atoms with E-state index < -0.39 is 10.8 Å². The summed E-state index contributed by atoms with van der Waals surface area (Å²) in [5, 5.41) is 11.6. The van der Waals surface area contributed by atoms with Crippen molar-refractivity contribution >= 4 is 35.2 Å². The first-order valence-corrected chi connectivity index (χ1v) is 9.97. The van der Waals surface area contributed by atoms with Crippen LogP contribution in [0.2, 0.25) is 0 Å². The van der Waals surface area contributed by atoms with Crippen molar-refractivity contribution < 1.29 is 19.5 Å². The molecule has 2 amide bonds. The van der Waals surface area contributed by atoms with Crippen LogP contribution in [-0.2, 0) is 14.4 Å². The van der Waals surface area contributed by atoms with Crippen molar-refractivity contribution in [2.75, 3.05) is 11.4 Å². The van der Waals surface area contributed by atoms with E-state index in [1.165, 1.54) is 11.8 Å². The normalized spacial score (nSPS) is 20.8. The number of amides is 2. The van der Waals surface area contributed by atoms with E-state index in [-0.39, 0.29) is 18.2 Å². The molecule has 1 aromatic carbocycles. The van der Waals surface area contributed by atoms with Crippen LogP contribution in [-0.4, -0.2) is 34.3 Å². The van der Waals surface area contributed by atoms with Gasteiger partial charge in [0.05, 0.1) is 5.69 Å². The summed E-state index contributed by atoms with van der Waals surface area (Å²) in [5.74, 6) is -0.825. The molecule has 26 heavy (non-hydrogen) atoms. The summed E-state index contributed by atoms with van der Waals surface area (Å²) in [6.45, 7) is 0.582. The maximum absolute atomic E-state index is 12.9. The number of carboxylic acids is 1. The molecule has 0 spiro atoms. The van der Waals surface area contributed by atoms with Crippen molar-refractivity contribution in [3.63, 3.8) is 0 Å². The Morgan fingerprint density at radius 3 is 2.69 bits per heavy atom. The molecule has 0 radical (unpaired) electrons. The molecule has 2 N–H and O–H groups in total. The van der Waals surface area contributed by atoms with Crippen molar-refractivity contribution in [1.82, 2.24) is 5.32 Å². The molecule has 2 aliphatic heterocycles. The van der Waals surface area contributed by atoms with Gasteiger partial charge in [-0.05, 0) is 31.4 Å². The highest BCUT2D eigenvalue weighted by Gasteiger charge is 2.57. The molecule has 1 aromatic rings. The number of carbonyl (C=O) groups excluding carboxylic acids is 2. The summed E-state index contributed by atoms with van der Waals surface area (Å²) < 4.78 is 0. The number of carboxylic acid groups (broad SMARTS) is 1. The molecule has 1 saturated heterocycles. The van der Waals surface area contributed by atoms with Gasteiger partial charge >= 0.3 is 5.97 Å². The Labute approximate surface area is 157 Å². The van der Waals surface area contributed by atoms with Crippen LogP contribution in [0.25, 0.3) is 0 Å².